The van der Waals surface area contributed by atoms with Crippen molar-refractivity contribution in [1.82, 2.24) is 0 Å². The van der Waals surface area contributed by atoms with Crippen molar-refractivity contribution in [3.05, 3.63) is 121 Å². The molecule has 4 aromatic rings. The van der Waals surface area contributed by atoms with Crippen LogP contribution >= 0.6 is 46.3 Å². The second-order valence-electron chi connectivity index (χ2n) is 9.31. The van der Waals surface area contributed by atoms with Crippen LogP contribution in [0.3, 0.4) is 0 Å². The Hall–Kier alpha value is -3.03. The van der Waals surface area contributed by atoms with E-state index >= 15 is 29.4 Å². The zero-order chi connectivity index (χ0) is 34.5. The first-order valence-electron chi connectivity index (χ1n) is 13.2. The standard InChI is InChI=1S/C25H23F7N6O4P6/c1-43(26)33-44(27,28)35-46(30,40-23-16-8-3-9-17-23)37-48(32,42-25-20-12-5-13-21-25)38-47(31,41-24-18-10-4-11-19-24)36-45(29,34-43)39-22-14-6-2-7-15-22/h2-21H,1H3. The highest BCUT2D eigenvalue weighted by molar-refractivity contribution is 7.79. The first-order valence-corrected chi connectivity index (χ1v) is 22.7. The second-order valence-corrected chi connectivity index (χ2v) is 20.6. The van der Waals surface area contributed by atoms with E-state index < -0.39 is 63.6 Å². The fraction of sp³-hybridized carbons (Fsp3) is 0.0400. The molecule has 5 unspecified atom stereocenters. The summed E-state index contributed by atoms with van der Waals surface area (Å²) >= 11 is 0. The Labute approximate surface area is 271 Å². The third-order valence-corrected chi connectivity index (χ3v) is 18.5. The topological polar surface area (TPSA) is 111 Å². The van der Waals surface area contributed by atoms with Crippen molar-refractivity contribution in [2.75, 3.05) is 6.66 Å². The number of nitrogens with zero attached hydrogens (tertiary/aromatic N) is 6. The van der Waals surface area contributed by atoms with Gasteiger partial charge in [0.25, 0.3) is 7.52 Å². The van der Waals surface area contributed by atoms with Crippen LogP contribution in [-0.2, 0) is 0 Å². The Morgan fingerprint density at radius 1 is 0.354 bits per heavy atom. The van der Waals surface area contributed by atoms with Crippen molar-refractivity contribution in [2.24, 2.45) is 27.1 Å². The lowest BCUT2D eigenvalue weighted by Gasteiger charge is -2.22. The molecule has 0 saturated heterocycles. The molecule has 1 aliphatic heterocycles. The van der Waals surface area contributed by atoms with Crippen LogP contribution in [0.15, 0.2) is 148 Å². The highest BCUT2D eigenvalue weighted by atomic mass is 31.3. The summed E-state index contributed by atoms with van der Waals surface area (Å²) in [7, 11) is -35.8. The number of benzene rings is 4. The Balaban J connectivity index is 1.90. The van der Waals surface area contributed by atoms with Crippen molar-refractivity contribution in [3.63, 3.8) is 0 Å². The zero-order valence-corrected chi connectivity index (χ0v) is 29.6. The van der Waals surface area contributed by atoms with Gasteiger partial charge in [0.1, 0.15) is 23.0 Å². The van der Waals surface area contributed by atoms with Gasteiger partial charge in [-0.05, 0) is 48.5 Å². The van der Waals surface area contributed by atoms with Crippen LogP contribution in [0.2, 0.25) is 0 Å². The molecule has 0 fully saturated rings. The molecule has 0 N–H and O–H groups in total. The summed E-state index contributed by atoms with van der Waals surface area (Å²) in [5, 5.41) is 0. The lowest BCUT2D eigenvalue weighted by molar-refractivity contribution is 0.526. The van der Waals surface area contributed by atoms with Gasteiger partial charge in [-0.1, -0.05) is 72.8 Å². The smallest absolute Gasteiger partial charge is 0.419 e. The highest BCUT2D eigenvalue weighted by Gasteiger charge is 2.43. The molecule has 10 nitrogen and oxygen atoms in total. The molecule has 48 heavy (non-hydrogen) atoms. The zero-order valence-electron chi connectivity index (χ0n) is 24.2. The number of hydrogen-bond donors (Lipinski definition) is 0. The molecule has 0 aliphatic carbocycles. The fourth-order valence-corrected chi connectivity index (χ4v) is 16.7. The summed E-state index contributed by atoms with van der Waals surface area (Å²) in [6.45, 7) is 0.368. The van der Waals surface area contributed by atoms with Crippen molar-refractivity contribution >= 4 is 46.3 Å². The van der Waals surface area contributed by atoms with Gasteiger partial charge in [-0.3, -0.25) is 0 Å². The monoisotopic (exact) mass is 790 g/mol. The van der Waals surface area contributed by atoms with E-state index in [0.29, 0.717) is 6.66 Å². The maximum Gasteiger partial charge on any atom is 0.443 e. The molecule has 4 aromatic carbocycles. The maximum absolute atomic E-state index is 17.1. The molecule has 5 rings (SSSR count). The van der Waals surface area contributed by atoms with Gasteiger partial charge < -0.3 is 18.1 Å². The molecule has 0 saturated carbocycles. The Morgan fingerprint density at radius 2 is 0.604 bits per heavy atom. The van der Waals surface area contributed by atoms with E-state index in [1.165, 1.54) is 72.8 Å². The average Bonchev–Trinajstić information content (AvgIpc) is 2.96. The average molecular weight is 790 g/mol. The van der Waals surface area contributed by atoms with Crippen molar-refractivity contribution in [3.8, 4) is 23.0 Å². The number of hydrogen-bond acceptors (Lipinski definition) is 10. The van der Waals surface area contributed by atoms with Crippen molar-refractivity contribution in [2.45, 2.75) is 0 Å². The lowest BCUT2D eigenvalue weighted by atomic mass is 10.3. The van der Waals surface area contributed by atoms with Crippen molar-refractivity contribution < 1.29 is 47.5 Å². The van der Waals surface area contributed by atoms with Crippen LogP contribution in [-0.4, -0.2) is 6.66 Å². The summed E-state index contributed by atoms with van der Waals surface area (Å²) in [5.74, 6) is -1.66. The number of para-hydroxylation sites is 4. The quantitative estimate of drug-likeness (QED) is 0.131. The van der Waals surface area contributed by atoms with E-state index in [-0.39, 0.29) is 5.75 Å². The van der Waals surface area contributed by atoms with E-state index in [9.17, 15) is 0 Å². The van der Waals surface area contributed by atoms with Gasteiger partial charge in [0, 0.05) is 6.66 Å². The molecule has 23 heteroatoms. The van der Waals surface area contributed by atoms with E-state index in [2.05, 4.69) is 27.1 Å². The van der Waals surface area contributed by atoms with Crippen LogP contribution in [0.1, 0.15) is 0 Å². The highest BCUT2D eigenvalue weighted by Crippen LogP contribution is 2.81. The summed E-state index contributed by atoms with van der Waals surface area (Å²) in [6.07, 6.45) is 0. The summed E-state index contributed by atoms with van der Waals surface area (Å²) in [4.78, 5) is 0. The van der Waals surface area contributed by atoms with Crippen LogP contribution in [0, 0.1) is 0 Å². The molecule has 0 radical (unpaired) electrons. The predicted molar refractivity (Wildman–Crippen MR) is 178 cm³/mol. The summed E-state index contributed by atoms with van der Waals surface area (Å²) in [6, 6.07) is 25.9. The minimum absolute atomic E-state index is 0.368. The van der Waals surface area contributed by atoms with E-state index in [1.807, 2.05) is 0 Å². The predicted octanol–water partition coefficient (Wildman–Crippen LogP) is 15.5. The van der Waals surface area contributed by atoms with Crippen LogP contribution in [0.25, 0.3) is 0 Å². The Morgan fingerprint density at radius 3 is 0.896 bits per heavy atom. The van der Waals surface area contributed by atoms with Gasteiger partial charge in [-0.2, -0.15) is 8.71 Å². The first-order chi connectivity index (χ1) is 22.6. The van der Waals surface area contributed by atoms with Crippen LogP contribution in [0.5, 0.6) is 23.0 Å². The molecular weight excluding hydrogens is 767 g/mol. The second kappa shape index (κ2) is 14.4. The van der Waals surface area contributed by atoms with Crippen LogP contribution < -0.4 is 18.1 Å². The molecular formula is C25H23F7N6O4P6. The van der Waals surface area contributed by atoms with Gasteiger partial charge in [0.05, 0.1) is 0 Å². The van der Waals surface area contributed by atoms with E-state index in [1.54, 1.807) is 0 Å². The molecule has 5 atom stereocenters. The minimum atomic E-state index is -6.55. The molecule has 0 bridgehead atoms. The third-order valence-electron chi connectivity index (χ3n) is 5.28. The lowest BCUT2D eigenvalue weighted by Crippen LogP contribution is -1.94. The summed E-state index contributed by atoms with van der Waals surface area (Å²) < 4.78 is 153. The largest absolute Gasteiger partial charge is 0.443 e. The van der Waals surface area contributed by atoms with Gasteiger partial charge in [0.2, 0.25) is 0 Å². The number of halogens is 7. The molecule has 0 amide bonds. The molecule has 1 aliphatic rings. The molecule has 0 spiro atoms. The van der Waals surface area contributed by atoms with Gasteiger partial charge in [-0.15, -0.1) is 47.8 Å². The maximum atomic E-state index is 17.1. The normalized spacial score (nSPS) is 30.0. The third kappa shape index (κ3) is 10.5. The van der Waals surface area contributed by atoms with Crippen molar-refractivity contribution in [1.29, 1.82) is 0 Å². The van der Waals surface area contributed by atoms with E-state index in [4.69, 9.17) is 18.1 Å². The Kier molecular flexibility index (Phi) is 10.9. The number of rotatable bonds is 8. The molecule has 256 valence electrons. The molecule has 1 heterocycles. The first kappa shape index (κ1) is 36.3. The minimum Gasteiger partial charge on any atom is -0.419 e. The van der Waals surface area contributed by atoms with E-state index in [0.717, 1.165) is 48.5 Å². The van der Waals surface area contributed by atoms with Gasteiger partial charge in [-0.25, -0.2) is 0 Å². The summed E-state index contributed by atoms with van der Waals surface area (Å²) in [5.41, 5.74) is 0. The van der Waals surface area contributed by atoms with Gasteiger partial charge >= 0.3 is 38.8 Å². The Bertz CT molecular complexity index is 2010. The molecule has 0 aromatic heterocycles. The SMILES string of the molecule is CP1(F)=NP(F)(F)=NP(F)(Oc2ccccc2)=NP(F)(Oc2ccccc2)=NP(F)(Oc2ccccc2)=NP(F)(Oc2ccccc2)=N1. The fourth-order valence-electron chi connectivity index (χ4n) is 3.65. The van der Waals surface area contributed by atoms with Gasteiger partial charge in [0.15, 0.2) is 0 Å². The van der Waals surface area contributed by atoms with Crippen LogP contribution in [0.4, 0.5) is 29.4 Å².